The monoisotopic (exact) mass is 233 g/mol. The molecule has 0 amide bonds. The average molecular weight is 233 g/mol. The van der Waals surface area contributed by atoms with E-state index >= 15 is 0 Å². The second kappa shape index (κ2) is 4.60. The van der Waals surface area contributed by atoms with Crippen LogP contribution in [-0.2, 0) is 4.74 Å². The topological polar surface area (TPSA) is 64.1 Å². The third-order valence-corrected chi connectivity index (χ3v) is 2.62. The quantitative estimate of drug-likeness (QED) is 0.715. The molecular formula is C12H13N2O3. The smallest absolute Gasteiger partial charge is 0.330 e. The zero-order valence-corrected chi connectivity index (χ0v) is 9.53. The van der Waals surface area contributed by atoms with Gasteiger partial charge in [0.05, 0.1) is 6.10 Å². The van der Waals surface area contributed by atoms with E-state index in [1.165, 1.54) is 10.8 Å². The second-order valence-corrected chi connectivity index (χ2v) is 3.87. The fourth-order valence-corrected chi connectivity index (χ4v) is 1.81. The molecule has 1 N–H and O–H groups in total. The minimum atomic E-state index is -0.476. The third-order valence-electron chi connectivity index (χ3n) is 2.62. The number of nitrogens with one attached hydrogen (secondary N) is 1. The molecule has 0 aromatic carbocycles. The van der Waals surface area contributed by atoms with Crippen LogP contribution in [0.1, 0.15) is 31.6 Å². The molecule has 0 bridgehead atoms. The van der Waals surface area contributed by atoms with Crippen LogP contribution in [0, 0.1) is 18.8 Å². The summed E-state index contributed by atoms with van der Waals surface area (Å²) >= 11 is 0. The summed E-state index contributed by atoms with van der Waals surface area (Å²) in [7, 11) is 0. The van der Waals surface area contributed by atoms with E-state index in [4.69, 9.17) is 4.74 Å². The van der Waals surface area contributed by atoms with Gasteiger partial charge < -0.3 is 4.74 Å². The Balaban J connectivity index is 2.46. The van der Waals surface area contributed by atoms with Gasteiger partial charge in [-0.25, -0.2) is 4.79 Å². The molecule has 1 radical (unpaired) electrons. The molecular weight excluding hydrogens is 220 g/mol. The van der Waals surface area contributed by atoms with Crippen molar-refractivity contribution in [1.29, 1.82) is 0 Å². The van der Waals surface area contributed by atoms with Crippen LogP contribution >= 0.6 is 0 Å². The lowest BCUT2D eigenvalue weighted by Gasteiger charge is -2.13. The van der Waals surface area contributed by atoms with E-state index in [1.54, 1.807) is 6.92 Å². The normalized spacial score (nSPS) is 23.2. The highest BCUT2D eigenvalue weighted by Gasteiger charge is 2.24. The standard InChI is InChI=1S/C12H13N2O3/c1-3-4-9-7-14(12(16)13-11(9)15)10-6-5-8(2)17-10/h7-8,10H,2,5-6H2,1H3,(H,13,15,16). The highest BCUT2D eigenvalue weighted by molar-refractivity contribution is 5.28. The van der Waals surface area contributed by atoms with Crippen molar-refractivity contribution in [3.8, 4) is 11.8 Å². The highest BCUT2D eigenvalue weighted by Crippen LogP contribution is 2.25. The lowest BCUT2D eigenvalue weighted by Crippen LogP contribution is -2.33. The predicted octanol–water partition coefficient (Wildman–Crippen LogP) is 0.420. The molecule has 1 aliphatic rings. The van der Waals surface area contributed by atoms with E-state index in [1.807, 2.05) is 0 Å². The van der Waals surface area contributed by atoms with E-state index in [0.29, 0.717) is 6.42 Å². The number of aromatic nitrogens is 2. The van der Waals surface area contributed by atoms with E-state index < -0.39 is 11.2 Å². The summed E-state index contributed by atoms with van der Waals surface area (Å²) in [5, 5.41) is 0. The Kier molecular flexibility index (Phi) is 3.16. The van der Waals surface area contributed by atoms with E-state index in [-0.39, 0.29) is 17.9 Å². The number of H-pyrrole nitrogens is 1. The van der Waals surface area contributed by atoms with Crippen molar-refractivity contribution in [2.45, 2.75) is 32.1 Å². The third kappa shape index (κ3) is 2.32. The molecule has 2 heterocycles. The maximum Gasteiger partial charge on any atom is 0.330 e. The van der Waals surface area contributed by atoms with Gasteiger partial charge in [0.25, 0.3) is 5.56 Å². The van der Waals surface area contributed by atoms with Gasteiger partial charge in [0.1, 0.15) is 11.8 Å². The average Bonchev–Trinajstić information content (AvgIpc) is 2.69. The molecule has 1 saturated heterocycles. The fraction of sp³-hybridized carbons (Fsp3) is 0.417. The zero-order valence-electron chi connectivity index (χ0n) is 9.53. The maximum absolute atomic E-state index is 11.6. The minimum Gasteiger partial charge on any atom is -0.355 e. The summed E-state index contributed by atoms with van der Waals surface area (Å²) in [5.41, 5.74) is -0.677. The lowest BCUT2D eigenvalue weighted by molar-refractivity contribution is 0.0190. The van der Waals surface area contributed by atoms with Crippen LogP contribution in [0.15, 0.2) is 15.8 Å². The molecule has 0 saturated carbocycles. The molecule has 17 heavy (non-hydrogen) atoms. The Hall–Kier alpha value is -1.80. The number of nitrogens with zero attached hydrogens (tertiary/aromatic N) is 1. The SMILES string of the molecule is [CH2]C1CCC(n2cc(C#CC)c(=O)[nH]c2=O)O1. The Morgan fingerprint density at radius 3 is 2.88 bits per heavy atom. The van der Waals surface area contributed by atoms with Crippen LogP contribution in [0.2, 0.25) is 0 Å². The molecule has 1 aliphatic heterocycles. The largest absolute Gasteiger partial charge is 0.355 e. The molecule has 2 atom stereocenters. The molecule has 2 unspecified atom stereocenters. The second-order valence-electron chi connectivity index (χ2n) is 3.87. The van der Waals surface area contributed by atoms with Gasteiger partial charge in [0.2, 0.25) is 0 Å². The fourth-order valence-electron chi connectivity index (χ4n) is 1.81. The summed E-state index contributed by atoms with van der Waals surface area (Å²) in [6, 6.07) is 0. The van der Waals surface area contributed by atoms with Gasteiger partial charge in [-0.15, -0.1) is 5.92 Å². The number of ether oxygens (including phenoxy) is 1. The number of aromatic amines is 1. The molecule has 0 aliphatic carbocycles. The molecule has 1 aromatic rings. The summed E-state index contributed by atoms with van der Waals surface area (Å²) in [6.07, 6.45) is 2.48. The van der Waals surface area contributed by atoms with Crippen LogP contribution in [-0.4, -0.2) is 15.7 Å². The first kappa shape index (κ1) is 11.7. The van der Waals surface area contributed by atoms with Gasteiger partial charge >= 0.3 is 5.69 Å². The Bertz CT molecular complexity index is 588. The highest BCUT2D eigenvalue weighted by atomic mass is 16.5. The van der Waals surface area contributed by atoms with Crippen LogP contribution in [0.3, 0.4) is 0 Å². The van der Waals surface area contributed by atoms with E-state index in [0.717, 1.165) is 6.42 Å². The Labute approximate surface area is 98.4 Å². The first-order chi connectivity index (χ1) is 8.11. The predicted molar refractivity (Wildman–Crippen MR) is 62.4 cm³/mol. The zero-order chi connectivity index (χ0) is 12.4. The Morgan fingerprint density at radius 2 is 2.29 bits per heavy atom. The van der Waals surface area contributed by atoms with Crippen LogP contribution in [0.5, 0.6) is 0 Å². The molecule has 1 fully saturated rings. The summed E-state index contributed by atoms with van der Waals surface area (Å²) in [4.78, 5) is 25.3. The van der Waals surface area contributed by atoms with Crippen LogP contribution < -0.4 is 11.2 Å². The van der Waals surface area contributed by atoms with Crippen LogP contribution in [0.4, 0.5) is 0 Å². The van der Waals surface area contributed by atoms with Crippen LogP contribution in [0.25, 0.3) is 0 Å². The molecule has 2 rings (SSSR count). The molecule has 5 nitrogen and oxygen atoms in total. The summed E-state index contributed by atoms with van der Waals surface area (Å²) in [5.74, 6) is 5.29. The maximum atomic E-state index is 11.6. The summed E-state index contributed by atoms with van der Waals surface area (Å²) in [6.45, 7) is 5.41. The van der Waals surface area contributed by atoms with E-state index in [2.05, 4.69) is 23.7 Å². The molecule has 5 heteroatoms. The van der Waals surface area contributed by atoms with Crippen molar-refractivity contribution in [2.24, 2.45) is 0 Å². The molecule has 1 aromatic heterocycles. The minimum absolute atomic E-state index is 0.112. The van der Waals surface area contributed by atoms with Gasteiger partial charge in [-0.3, -0.25) is 14.3 Å². The number of rotatable bonds is 1. The molecule has 0 spiro atoms. The summed E-state index contributed by atoms with van der Waals surface area (Å²) < 4.78 is 6.85. The van der Waals surface area contributed by atoms with Crippen molar-refractivity contribution in [3.05, 3.63) is 39.5 Å². The van der Waals surface area contributed by atoms with Crippen molar-refractivity contribution >= 4 is 0 Å². The van der Waals surface area contributed by atoms with Gasteiger partial charge in [0, 0.05) is 6.20 Å². The van der Waals surface area contributed by atoms with Gasteiger partial charge in [0.15, 0.2) is 0 Å². The van der Waals surface area contributed by atoms with Gasteiger partial charge in [-0.2, -0.15) is 0 Å². The van der Waals surface area contributed by atoms with Gasteiger partial charge in [-0.1, -0.05) is 5.92 Å². The molecule has 89 valence electrons. The van der Waals surface area contributed by atoms with Crippen molar-refractivity contribution < 1.29 is 4.74 Å². The first-order valence-electron chi connectivity index (χ1n) is 5.38. The Morgan fingerprint density at radius 1 is 1.53 bits per heavy atom. The number of hydrogen-bond donors (Lipinski definition) is 1. The van der Waals surface area contributed by atoms with Crippen molar-refractivity contribution in [1.82, 2.24) is 9.55 Å². The van der Waals surface area contributed by atoms with Crippen molar-refractivity contribution in [3.63, 3.8) is 0 Å². The van der Waals surface area contributed by atoms with E-state index in [9.17, 15) is 9.59 Å². The number of hydrogen-bond acceptors (Lipinski definition) is 3. The van der Waals surface area contributed by atoms with Crippen molar-refractivity contribution in [2.75, 3.05) is 0 Å². The first-order valence-corrected chi connectivity index (χ1v) is 5.38. The lowest BCUT2D eigenvalue weighted by atomic mass is 10.2. The van der Waals surface area contributed by atoms with Gasteiger partial charge in [-0.05, 0) is 26.7 Å².